The fourth-order valence-electron chi connectivity index (χ4n) is 8.45. The number of ether oxygens (including phenoxy) is 1. The first-order chi connectivity index (χ1) is 30.5. The molecule has 0 spiro atoms. The molecule has 0 rings (SSSR count). The molecule has 0 fully saturated rings. The summed E-state index contributed by atoms with van der Waals surface area (Å²) in [5, 5.41) is 23.1. The number of allylic oxidation sites excluding steroid dienone is 4. The molecule has 2 atom stereocenters. The smallest absolute Gasteiger partial charge is 0.305 e. The van der Waals surface area contributed by atoms with Crippen LogP contribution in [0.5, 0.6) is 0 Å². The molecule has 6 heteroatoms. The van der Waals surface area contributed by atoms with Gasteiger partial charge in [0, 0.05) is 12.8 Å². The van der Waals surface area contributed by atoms with Crippen LogP contribution in [0.15, 0.2) is 24.3 Å². The molecule has 0 saturated carbocycles. The van der Waals surface area contributed by atoms with Crippen LogP contribution in [0.25, 0.3) is 0 Å². The largest absolute Gasteiger partial charge is 0.466 e. The highest BCUT2D eigenvalue weighted by molar-refractivity contribution is 5.76. The number of amides is 1. The standard InChI is InChI=1S/C56H107NO5/c1-3-5-7-9-11-13-15-25-30-34-38-42-46-50-56(61)62-51-47-43-39-35-31-27-24-22-20-18-16-17-19-21-23-26-29-33-37-41-45-49-55(60)57-53(52-58)54(59)48-44-40-36-32-28-14-12-10-8-6-4-2/h13,15,17,19,53-54,58-59H,3-12,14,16,18,20-52H2,1-2H3,(H,57,60)/b15-13-,19-17-. The highest BCUT2D eigenvalue weighted by atomic mass is 16.5. The van der Waals surface area contributed by atoms with E-state index in [2.05, 4.69) is 43.5 Å². The van der Waals surface area contributed by atoms with Gasteiger partial charge in [0.05, 0.1) is 25.4 Å². The van der Waals surface area contributed by atoms with Gasteiger partial charge in [-0.25, -0.2) is 0 Å². The maximum atomic E-state index is 12.4. The van der Waals surface area contributed by atoms with Crippen LogP contribution in [0.2, 0.25) is 0 Å². The Morgan fingerprint density at radius 3 is 1.16 bits per heavy atom. The highest BCUT2D eigenvalue weighted by Gasteiger charge is 2.20. The average molecular weight is 874 g/mol. The SMILES string of the molecule is CCCCCC/C=C\CCCCCCCC(=O)OCCCCCCCCCCCC/C=C\CCCCCCCCCC(=O)NC(CO)C(O)CCCCCCCCCCCCC. The number of rotatable bonds is 51. The first kappa shape index (κ1) is 60.3. The van der Waals surface area contributed by atoms with Crippen molar-refractivity contribution in [2.45, 2.75) is 309 Å². The zero-order chi connectivity index (χ0) is 45.1. The number of nitrogens with one attached hydrogen (secondary N) is 1. The molecule has 6 nitrogen and oxygen atoms in total. The van der Waals surface area contributed by atoms with Crippen LogP contribution in [0.4, 0.5) is 0 Å². The summed E-state index contributed by atoms with van der Waals surface area (Å²) >= 11 is 0. The van der Waals surface area contributed by atoms with Crippen molar-refractivity contribution in [3.8, 4) is 0 Å². The predicted octanol–water partition coefficient (Wildman–Crippen LogP) is 16.7. The molecule has 0 heterocycles. The third-order valence-corrected chi connectivity index (χ3v) is 12.7. The van der Waals surface area contributed by atoms with Gasteiger partial charge in [-0.1, -0.05) is 231 Å². The van der Waals surface area contributed by atoms with E-state index in [9.17, 15) is 19.8 Å². The minimum atomic E-state index is -0.667. The number of carbonyl (C=O) groups excluding carboxylic acids is 2. The lowest BCUT2D eigenvalue weighted by atomic mass is 10.0. The fourth-order valence-corrected chi connectivity index (χ4v) is 8.45. The van der Waals surface area contributed by atoms with Crippen LogP contribution in [-0.2, 0) is 14.3 Å². The lowest BCUT2D eigenvalue weighted by molar-refractivity contribution is -0.143. The summed E-state index contributed by atoms with van der Waals surface area (Å²) in [6, 6.07) is -0.545. The second-order valence-corrected chi connectivity index (χ2v) is 18.9. The fraction of sp³-hybridized carbons (Fsp3) is 0.893. The van der Waals surface area contributed by atoms with Crippen LogP contribution in [0.3, 0.4) is 0 Å². The van der Waals surface area contributed by atoms with Gasteiger partial charge in [-0.3, -0.25) is 9.59 Å². The summed E-state index contributed by atoms with van der Waals surface area (Å²) in [7, 11) is 0. The van der Waals surface area contributed by atoms with E-state index in [4.69, 9.17) is 4.74 Å². The van der Waals surface area contributed by atoms with Crippen molar-refractivity contribution in [1.29, 1.82) is 0 Å². The van der Waals surface area contributed by atoms with Crippen LogP contribution in [0.1, 0.15) is 296 Å². The summed E-state index contributed by atoms with van der Waals surface area (Å²) in [6.45, 7) is 4.92. The van der Waals surface area contributed by atoms with Gasteiger partial charge in [0.25, 0.3) is 0 Å². The number of hydrogen-bond acceptors (Lipinski definition) is 5. The molecule has 3 N–H and O–H groups in total. The lowest BCUT2D eigenvalue weighted by Crippen LogP contribution is -2.45. The minimum Gasteiger partial charge on any atom is -0.466 e. The molecular weight excluding hydrogens is 767 g/mol. The van der Waals surface area contributed by atoms with Crippen LogP contribution >= 0.6 is 0 Å². The van der Waals surface area contributed by atoms with E-state index < -0.39 is 12.1 Å². The van der Waals surface area contributed by atoms with Gasteiger partial charge in [-0.05, 0) is 77.0 Å². The Morgan fingerprint density at radius 1 is 0.435 bits per heavy atom. The molecule has 0 bridgehead atoms. The molecule has 0 saturated heterocycles. The van der Waals surface area contributed by atoms with E-state index in [-0.39, 0.29) is 18.5 Å². The zero-order valence-corrected chi connectivity index (χ0v) is 41.6. The second-order valence-electron chi connectivity index (χ2n) is 18.9. The van der Waals surface area contributed by atoms with E-state index in [1.165, 1.54) is 218 Å². The maximum Gasteiger partial charge on any atom is 0.305 e. The zero-order valence-electron chi connectivity index (χ0n) is 41.6. The Balaban J connectivity index is 3.41. The molecule has 0 aliphatic rings. The van der Waals surface area contributed by atoms with Gasteiger partial charge in [-0.2, -0.15) is 0 Å². The molecule has 0 aromatic heterocycles. The predicted molar refractivity (Wildman–Crippen MR) is 269 cm³/mol. The van der Waals surface area contributed by atoms with E-state index in [1.54, 1.807) is 0 Å². The summed E-state index contributed by atoms with van der Waals surface area (Å²) in [5.74, 6) is -0.0450. The molecule has 366 valence electrons. The lowest BCUT2D eigenvalue weighted by Gasteiger charge is -2.22. The Morgan fingerprint density at radius 2 is 0.758 bits per heavy atom. The van der Waals surface area contributed by atoms with Crippen molar-refractivity contribution in [1.82, 2.24) is 5.32 Å². The van der Waals surface area contributed by atoms with Gasteiger partial charge in [-0.15, -0.1) is 0 Å². The summed E-state index contributed by atoms with van der Waals surface area (Å²) in [5.41, 5.74) is 0. The molecular formula is C56H107NO5. The average Bonchev–Trinajstić information content (AvgIpc) is 3.27. The molecule has 0 aliphatic heterocycles. The highest BCUT2D eigenvalue weighted by Crippen LogP contribution is 2.16. The molecule has 1 amide bonds. The number of unbranched alkanes of at least 4 members (excludes halogenated alkanes) is 36. The monoisotopic (exact) mass is 874 g/mol. The van der Waals surface area contributed by atoms with Gasteiger partial charge < -0.3 is 20.3 Å². The van der Waals surface area contributed by atoms with Crippen molar-refractivity contribution in [3.63, 3.8) is 0 Å². The molecule has 2 unspecified atom stereocenters. The quantitative estimate of drug-likeness (QED) is 0.0321. The number of esters is 1. The van der Waals surface area contributed by atoms with E-state index >= 15 is 0 Å². The van der Waals surface area contributed by atoms with Crippen molar-refractivity contribution < 1.29 is 24.5 Å². The van der Waals surface area contributed by atoms with Gasteiger partial charge in [0.1, 0.15) is 0 Å². The molecule has 0 aromatic carbocycles. The third-order valence-electron chi connectivity index (χ3n) is 12.7. The summed E-state index contributed by atoms with van der Waals surface area (Å²) < 4.78 is 5.46. The molecule has 0 aliphatic carbocycles. The second kappa shape index (κ2) is 52.0. The summed E-state index contributed by atoms with van der Waals surface area (Å²) in [4.78, 5) is 24.4. The number of carbonyl (C=O) groups is 2. The molecule has 0 radical (unpaired) electrons. The van der Waals surface area contributed by atoms with E-state index in [1.807, 2.05) is 0 Å². The van der Waals surface area contributed by atoms with Crippen LogP contribution in [-0.4, -0.2) is 47.4 Å². The summed E-state index contributed by atoms with van der Waals surface area (Å²) in [6.07, 6.45) is 61.6. The Hall–Kier alpha value is -1.66. The van der Waals surface area contributed by atoms with E-state index in [0.717, 1.165) is 44.9 Å². The topological polar surface area (TPSA) is 95.9 Å². The maximum absolute atomic E-state index is 12.4. The Labute approximate surface area is 386 Å². The van der Waals surface area contributed by atoms with Gasteiger partial charge >= 0.3 is 5.97 Å². The van der Waals surface area contributed by atoms with Crippen LogP contribution in [0, 0.1) is 0 Å². The molecule has 62 heavy (non-hydrogen) atoms. The van der Waals surface area contributed by atoms with E-state index in [0.29, 0.717) is 25.9 Å². The number of hydrogen-bond donors (Lipinski definition) is 3. The number of aliphatic hydroxyl groups excluding tert-OH is 2. The Kier molecular flexibility index (Phi) is 50.6. The first-order valence-electron chi connectivity index (χ1n) is 27.6. The van der Waals surface area contributed by atoms with Gasteiger partial charge in [0.15, 0.2) is 0 Å². The normalized spacial score (nSPS) is 12.8. The molecule has 0 aromatic rings. The Bertz CT molecular complexity index is 966. The minimum absolute atomic E-state index is 0.00125. The van der Waals surface area contributed by atoms with Crippen molar-refractivity contribution in [2.75, 3.05) is 13.2 Å². The van der Waals surface area contributed by atoms with Crippen molar-refractivity contribution in [2.24, 2.45) is 0 Å². The van der Waals surface area contributed by atoms with Crippen LogP contribution < -0.4 is 5.32 Å². The van der Waals surface area contributed by atoms with Gasteiger partial charge in [0.2, 0.25) is 5.91 Å². The van der Waals surface area contributed by atoms with Crippen molar-refractivity contribution in [3.05, 3.63) is 24.3 Å². The number of aliphatic hydroxyl groups is 2. The third kappa shape index (κ3) is 47.8. The first-order valence-corrected chi connectivity index (χ1v) is 27.6. The van der Waals surface area contributed by atoms with Crippen molar-refractivity contribution >= 4 is 11.9 Å².